The molecule has 0 spiro atoms. The summed E-state index contributed by atoms with van der Waals surface area (Å²) in [6.07, 6.45) is 0.513. The van der Waals surface area contributed by atoms with Crippen LogP contribution in [0.2, 0.25) is 0 Å². The first kappa shape index (κ1) is 11.9. The first-order valence-electron chi connectivity index (χ1n) is 5.64. The average molecular weight is 235 g/mol. The van der Waals surface area contributed by atoms with E-state index in [0.29, 0.717) is 13.0 Å². The van der Waals surface area contributed by atoms with Gasteiger partial charge in [0.2, 0.25) is 5.91 Å². The van der Waals surface area contributed by atoms with Gasteiger partial charge >= 0.3 is 0 Å². The fourth-order valence-corrected chi connectivity index (χ4v) is 2.06. The van der Waals surface area contributed by atoms with Crippen LogP contribution in [-0.4, -0.2) is 36.2 Å². The van der Waals surface area contributed by atoms with E-state index in [2.05, 4.69) is 0 Å². The number of nitrogens with two attached hydrogens (primary N) is 1. The van der Waals surface area contributed by atoms with Gasteiger partial charge in [0.15, 0.2) is 0 Å². The second-order valence-corrected chi connectivity index (χ2v) is 4.14. The lowest BCUT2D eigenvalue weighted by Crippen LogP contribution is -2.36. The maximum absolute atomic E-state index is 11.5. The van der Waals surface area contributed by atoms with E-state index in [9.17, 15) is 4.79 Å². The maximum atomic E-state index is 11.5. The van der Waals surface area contributed by atoms with Crippen LogP contribution in [0.4, 0.5) is 5.69 Å². The highest BCUT2D eigenvalue weighted by Gasteiger charge is 2.27. The monoisotopic (exact) mass is 235 g/mol. The molecule has 3 N–H and O–H groups in total. The van der Waals surface area contributed by atoms with Crippen LogP contribution in [0.5, 0.6) is 0 Å². The van der Waals surface area contributed by atoms with E-state index in [1.165, 1.54) is 0 Å². The van der Waals surface area contributed by atoms with Gasteiger partial charge in [-0.2, -0.15) is 0 Å². The van der Waals surface area contributed by atoms with Crippen LogP contribution >= 0.6 is 0 Å². The second kappa shape index (κ2) is 4.73. The zero-order valence-corrected chi connectivity index (χ0v) is 9.84. The summed E-state index contributed by atoms with van der Waals surface area (Å²) >= 11 is 0. The molecule has 0 bridgehead atoms. The van der Waals surface area contributed by atoms with Crippen molar-refractivity contribution in [3.05, 3.63) is 29.8 Å². The number of nitrogens with zero attached hydrogens (tertiary/aromatic N) is 2. The number of anilines is 1. The van der Waals surface area contributed by atoms with Gasteiger partial charge in [0, 0.05) is 20.0 Å². The van der Waals surface area contributed by atoms with Gasteiger partial charge in [0.1, 0.15) is 0 Å². The van der Waals surface area contributed by atoms with Gasteiger partial charge in [-0.05, 0) is 11.6 Å². The van der Waals surface area contributed by atoms with Gasteiger partial charge < -0.3 is 10.8 Å². The minimum atomic E-state index is -0.421. The molecule has 1 aromatic rings. The Morgan fingerprint density at radius 2 is 2.18 bits per heavy atom. The van der Waals surface area contributed by atoms with Gasteiger partial charge in [-0.25, -0.2) is 0 Å². The van der Waals surface area contributed by atoms with E-state index < -0.39 is 6.04 Å². The van der Waals surface area contributed by atoms with Crippen molar-refractivity contribution >= 4 is 11.6 Å². The molecule has 1 atom stereocenters. The average Bonchev–Trinajstić information content (AvgIpc) is 2.69. The molecule has 1 saturated heterocycles. The number of hydrazine groups is 1. The summed E-state index contributed by atoms with van der Waals surface area (Å²) in [4.78, 5) is 11.5. The number of amides is 1. The molecule has 0 aromatic heterocycles. The lowest BCUT2D eigenvalue weighted by atomic mass is 10.1. The molecule has 0 radical (unpaired) electrons. The topological polar surface area (TPSA) is 69.8 Å². The van der Waals surface area contributed by atoms with Crippen molar-refractivity contribution in [2.45, 2.75) is 12.5 Å². The molecule has 1 aliphatic rings. The summed E-state index contributed by atoms with van der Waals surface area (Å²) in [6, 6.07) is 7.16. The molecular formula is C12H17N3O2. The van der Waals surface area contributed by atoms with E-state index in [0.717, 1.165) is 11.3 Å². The van der Waals surface area contributed by atoms with Gasteiger partial charge in [0.05, 0.1) is 18.3 Å². The van der Waals surface area contributed by atoms with Crippen LogP contribution in [0.25, 0.3) is 0 Å². The predicted octanol–water partition coefficient (Wildman–Crippen LogP) is 0.262. The fraction of sp³-hybridized carbons (Fsp3) is 0.417. The number of hydrogen-bond acceptors (Lipinski definition) is 4. The molecule has 17 heavy (non-hydrogen) atoms. The Bertz CT molecular complexity index is 422. The van der Waals surface area contributed by atoms with Crippen LogP contribution in [-0.2, 0) is 4.79 Å². The number of hydrogen-bond donors (Lipinski definition) is 2. The lowest BCUT2D eigenvalue weighted by Gasteiger charge is -2.29. The number of aliphatic hydroxyl groups is 1. The van der Waals surface area contributed by atoms with E-state index >= 15 is 0 Å². The van der Waals surface area contributed by atoms with Crippen LogP contribution in [0.15, 0.2) is 24.3 Å². The molecule has 1 heterocycles. The highest BCUT2D eigenvalue weighted by Crippen LogP contribution is 2.28. The van der Waals surface area contributed by atoms with Crippen LogP contribution in [0.3, 0.4) is 0 Å². The standard InChI is InChI=1S/C12H17N3O2/c1-14-12(17)6-7-15(14)11-5-3-2-4-9(11)10(13)8-16/h2-5,10,16H,6-8,13H2,1H3. The van der Waals surface area contributed by atoms with Crippen molar-refractivity contribution in [3.63, 3.8) is 0 Å². The maximum Gasteiger partial charge on any atom is 0.242 e. The Labute approximate surface area is 100 Å². The molecule has 5 heteroatoms. The third-order valence-electron chi connectivity index (χ3n) is 3.07. The number of carbonyl (C=O) groups is 1. The van der Waals surface area contributed by atoms with Gasteiger partial charge in [-0.15, -0.1) is 0 Å². The first-order chi connectivity index (χ1) is 8.15. The summed E-state index contributed by atoms with van der Waals surface area (Å²) in [5, 5.41) is 12.6. The summed E-state index contributed by atoms with van der Waals surface area (Å²) in [7, 11) is 1.75. The second-order valence-electron chi connectivity index (χ2n) is 4.14. The van der Waals surface area contributed by atoms with Gasteiger partial charge in [-0.3, -0.25) is 14.8 Å². The third kappa shape index (κ3) is 2.11. The molecule has 2 rings (SSSR count). The smallest absolute Gasteiger partial charge is 0.242 e. The van der Waals surface area contributed by atoms with Crippen molar-refractivity contribution in [2.75, 3.05) is 25.2 Å². The number of rotatable bonds is 3. The summed E-state index contributed by atoms with van der Waals surface area (Å²) < 4.78 is 0. The van der Waals surface area contributed by atoms with E-state index in [4.69, 9.17) is 10.8 Å². The Hall–Kier alpha value is -1.59. The van der Waals surface area contributed by atoms with Crippen LogP contribution < -0.4 is 10.7 Å². The zero-order valence-electron chi connectivity index (χ0n) is 9.84. The normalized spacial score (nSPS) is 17.7. The van der Waals surface area contributed by atoms with Gasteiger partial charge in [-0.1, -0.05) is 18.2 Å². The van der Waals surface area contributed by atoms with Gasteiger partial charge in [0.25, 0.3) is 0 Å². The fourth-order valence-electron chi connectivity index (χ4n) is 2.06. The molecule has 5 nitrogen and oxygen atoms in total. The number of aliphatic hydroxyl groups excluding tert-OH is 1. The van der Waals surface area contributed by atoms with Crippen molar-refractivity contribution in [1.82, 2.24) is 5.01 Å². The van der Waals surface area contributed by atoms with Crippen LogP contribution in [0.1, 0.15) is 18.0 Å². The molecule has 1 unspecified atom stereocenters. The van der Waals surface area contributed by atoms with Crippen molar-refractivity contribution in [3.8, 4) is 0 Å². The van der Waals surface area contributed by atoms with Crippen LogP contribution in [0, 0.1) is 0 Å². The number of carbonyl (C=O) groups excluding carboxylic acids is 1. The molecular weight excluding hydrogens is 218 g/mol. The Balaban J connectivity index is 2.35. The Kier molecular flexibility index (Phi) is 3.31. The number of benzene rings is 1. The predicted molar refractivity (Wildman–Crippen MR) is 65.2 cm³/mol. The summed E-state index contributed by atoms with van der Waals surface area (Å²) in [5.41, 5.74) is 7.61. The minimum absolute atomic E-state index is 0.0948. The highest BCUT2D eigenvalue weighted by atomic mass is 16.3. The number of para-hydroxylation sites is 1. The molecule has 92 valence electrons. The van der Waals surface area contributed by atoms with Crippen molar-refractivity contribution in [1.29, 1.82) is 0 Å². The Morgan fingerprint density at radius 1 is 1.47 bits per heavy atom. The summed E-state index contributed by atoms with van der Waals surface area (Å²) in [5.74, 6) is 0.0948. The SMILES string of the molecule is CN1C(=O)CCN1c1ccccc1C(N)CO. The largest absolute Gasteiger partial charge is 0.394 e. The summed E-state index contributed by atoms with van der Waals surface area (Å²) in [6.45, 7) is 0.549. The molecule has 0 saturated carbocycles. The van der Waals surface area contributed by atoms with Crippen molar-refractivity contribution < 1.29 is 9.90 Å². The van der Waals surface area contributed by atoms with E-state index in [1.54, 1.807) is 12.1 Å². The minimum Gasteiger partial charge on any atom is -0.394 e. The molecule has 0 aliphatic carbocycles. The molecule has 1 aromatic carbocycles. The molecule has 1 fully saturated rings. The Morgan fingerprint density at radius 3 is 2.76 bits per heavy atom. The van der Waals surface area contributed by atoms with E-state index in [-0.39, 0.29) is 12.5 Å². The first-order valence-corrected chi connectivity index (χ1v) is 5.64. The molecule has 1 amide bonds. The van der Waals surface area contributed by atoms with Crippen molar-refractivity contribution in [2.24, 2.45) is 5.73 Å². The molecule has 1 aliphatic heterocycles. The zero-order chi connectivity index (χ0) is 12.4. The van der Waals surface area contributed by atoms with E-state index in [1.807, 2.05) is 29.3 Å². The lowest BCUT2D eigenvalue weighted by molar-refractivity contribution is -0.126. The third-order valence-corrected chi connectivity index (χ3v) is 3.07. The highest BCUT2D eigenvalue weighted by molar-refractivity contribution is 5.82. The quantitative estimate of drug-likeness (QED) is 0.788.